The normalized spacial score (nSPS) is 17.9. The third kappa shape index (κ3) is 4.12. The number of carbonyl (C=O) groups is 1. The number of amides is 1. The number of rotatable bonds is 5. The molecule has 2 N–H and O–H groups in total. The molecule has 0 aromatic carbocycles. The number of carbonyl (C=O) groups excluding carboxylic acids is 1. The maximum absolute atomic E-state index is 11.5. The molecule has 1 aliphatic heterocycles. The Balaban J connectivity index is 2.37. The average molecular weight is 260 g/mol. The van der Waals surface area contributed by atoms with Crippen LogP contribution in [0.4, 0.5) is 4.79 Å². The predicted octanol–water partition coefficient (Wildman–Crippen LogP) is -0.249. The number of piperazine rings is 1. The minimum Gasteiger partial charge on any atom is -0.450 e. The summed E-state index contributed by atoms with van der Waals surface area (Å²) in [6, 6.07) is 0. The first-order valence-electron chi connectivity index (χ1n) is 6.40. The summed E-state index contributed by atoms with van der Waals surface area (Å²) < 4.78 is 4.95. The summed E-state index contributed by atoms with van der Waals surface area (Å²) in [5.74, 6) is 0. The molecule has 0 aromatic heterocycles. The smallest absolute Gasteiger partial charge is 0.409 e. The third-order valence-corrected chi connectivity index (χ3v) is 3.27. The first-order chi connectivity index (χ1) is 8.54. The van der Waals surface area contributed by atoms with Gasteiger partial charge in [-0.1, -0.05) is 6.92 Å². The Morgan fingerprint density at radius 3 is 2.22 bits per heavy atom. The van der Waals surface area contributed by atoms with E-state index in [9.17, 15) is 15.0 Å². The summed E-state index contributed by atoms with van der Waals surface area (Å²) in [7, 11) is 0. The zero-order valence-corrected chi connectivity index (χ0v) is 11.3. The lowest BCUT2D eigenvalue weighted by atomic mass is 9.92. The lowest BCUT2D eigenvalue weighted by Crippen LogP contribution is -2.52. The Labute approximate surface area is 108 Å². The second kappa shape index (κ2) is 6.92. The fraction of sp³-hybridized carbons (Fsp3) is 0.917. The first kappa shape index (κ1) is 15.2. The first-order valence-corrected chi connectivity index (χ1v) is 6.40. The van der Waals surface area contributed by atoms with Crippen molar-refractivity contribution in [3.63, 3.8) is 0 Å². The number of ether oxygens (including phenoxy) is 1. The molecule has 18 heavy (non-hydrogen) atoms. The largest absolute Gasteiger partial charge is 0.450 e. The van der Waals surface area contributed by atoms with Gasteiger partial charge in [0.05, 0.1) is 19.8 Å². The molecular weight excluding hydrogens is 236 g/mol. The monoisotopic (exact) mass is 260 g/mol. The molecule has 1 saturated heterocycles. The summed E-state index contributed by atoms with van der Waals surface area (Å²) in [4.78, 5) is 15.4. The molecule has 0 spiro atoms. The van der Waals surface area contributed by atoms with Crippen molar-refractivity contribution in [2.24, 2.45) is 5.41 Å². The lowest BCUT2D eigenvalue weighted by molar-refractivity contribution is 0.0172. The molecular formula is C12H24N2O4. The number of aliphatic hydroxyl groups excluding tert-OH is 2. The van der Waals surface area contributed by atoms with Gasteiger partial charge in [-0.15, -0.1) is 0 Å². The number of hydrogen-bond acceptors (Lipinski definition) is 5. The molecule has 0 radical (unpaired) electrons. The second-order valence-electron chi connectivity index (χ2n) is 5.09. The summed E-state index contributed by atoms with van der Waals surface area (Å²) in [6.45, 7) is 7.35. The van der Waals surface area contributed by atoms with E-state index < -0.39 is 5.41 Å². The highest BCUT2D eigenvalue weighted by Gasteiger charge is 2.29. The Bertz CT molecular complexity index is 261. The average Bonchev–Trinajstić information content (AvgIpc) is 2.39. The highest BCUT2D eigenvalue weighted by Crippen LogP contribution is 2.17. The number of aliphatic hydroxyl groups is 2. The molecule has 0 atom stereocenters. The van der Waals surface area contributed by atoms with Crippen LogP contribution in [0.15, 0.2) is 0 Å². The SMILES string of the molecule is CCOC(=O)N1CCN(CC(C)(CO)CO)CC1. The van der Waals surface area contributed by atoms with Crippen molar-refractivity contribution in [2.45, 2.75) is 13.8 Å². The van der Waals surface area contributed by atoms with Gasteiger partial charge in [0.1, 0.15) is 0 Å². The standard InChI is InChI=1S/C12H24N2O4/c1-3-18-11(17)14-6-4-13(5-7-14)8-12(2,9-15)10-16/h15-16H,3-10H2,1-2H3. The van der Waals surface area contributed by atoms with Crippen molar-refractivity contribution < 1.29 is 19.7 Å². The third-order valence-electron chi connectivity index (χ3n) is 3.27. The van der Waals surface area contributed by atoms with Crippen LogP contribution in [0.25, 0.3) is 0 Å². The molecule has 6 nitrogen and oxygen atoms in total. The van der Waals surface area contributed by atoms with E-state index in [2.05, 4.69) is 4.90 Å². The van der Waals surface area contributed by atoms with E-state index in [-0.39, 0.29) is 19.3 Å². The maximum Gasteiger partial charge on any atom is 0.409 e. The molecule has 0 unspecified atom stereocenters. The molecule has 0 aromatic rings. The predicted molar refractivity (Wildman–Crippen MR) is 67.3 cm³/mol. The van der Waals surface area contributed by atoms with Crippen molar-refractivity contribution in [2.75, 3.05) is 52.5 Å². The van der Waals surface area contributed by atoms with Gasteiger partial charge in [0.25, 0.3) is 0 Å². The van der Waals surface area contributed by atoms with Crippen molar-refractivity contribution in [1.82, 2.24) is 9.80 Å². The summed E-state index contributed by atoms with van der Waals surface area (Å²) >= 11 is 0. The van der Waals surface area contributed by atoms with Crippen LogP contribution < -0.4 is 0 Å². The van der Waals surface area contributed by atoms with Crippen molar-refractivity contribution in [1.29, 1.82) is 0 Å². The van der Waals surface area contributed by atoms with E-state index in [0.717, 1.165) is 13.1 Å². The Kier molecular flexibility index (Phi) is 5.84. The molecule has 0 aliphatic carbocycles. The van der Waals surface area contributed by atoms with Crippen LogP contribution in [-0.2, 0) is 4.74 Å². The molecule has 1 fully saturated rings. The minimum absolute atomic E-state index is 0.0401. The van der Waals surface area contributed by atoms with E-state index in [1.165, 1.54) is 0 Å². The van der Waals surface area contributed by atoms with Gasteiger partial charge in [-0.25, -0.2) is 4.79 Å². The van der Waals surface area contributed by atoms with Crippen LogP contribution in [0.3, 0.4) is 0 Å². The van der Waals surface area contributed by atoms with Gasteiger partial charge in [-0.2, -0.15) is 0 Å². The highest BCUT2D eigenvalue weighted by atomic mass is 16.6. The van der Waals surface area contributed by atoms with Crippen molar-refractivity contribution in [3.05, 3.63) is 0 Å². The van der Waals surface area contributed by atoms with Crippen LogP contribution in [0.5, 0.6) is 0 Å². The Morgan fingerprint density at radius 2 is 1.78 bits per heavy atom. The topological polar surface area (TPSA) is 73.2 Å². The molecule has 106 valence electrons. The lowest BCUT2D eigenvalue weighted by Gasteiger charge is -2.38. The second-order valence-corrected chi connectivity index (χ2v) is 5.09. The van der Waals surface area contributed by atoms with E-state index in [4.69, 9.17) is 4.74 Å². The van der Waals surface area contributed by atoms with Gasteiger partial charge in [-0.05, 0) is 6.92 Å². The van der Waals surface area contributed by atoms with Crippen molar-refractivity contribution >= 4 is 6.09 Å². The quantitative estimate of drug-likeness (QED) is 0.713. The van der Waals surface area contributed by atoms with Gasteiger partial charge in [0.2, 0.25) is 0 Å². The fourth-order valence-corrected chi connectivity index (χ4v) is 1.99. The molecule has 6 heteroatoms. The molecule has 1 aliphatic rings. The van der Waals surface area contributed by atoms with Crippen LogP contribution in [-0.4, -0.2) is 78.7 Å². The van der Waals surface area contributed by atoms with Crippen molar-refractivity contribution in [3.8, 4) is 0 Å². The van der Waals surface area contributed by atoms with E-state index in [1.54, 1.807) is 11.8 Å². The van der Waals surface area contributed by atoms with E-state index in [1.807, 2.05) is 6.92 Å². The highest BCUT2D eigenvalue weighted by molar-refractivity contribution is 5.67. The minimum atomic E-state index is -0.480. The van der Waals surface area contributed by atoms with Crippen LogP contribution in [0.2, 0.25) is 0 Å². The van der Waals surface area contributed by atoms with Gasteiger partial charge in [0.15, 0.2) is 0 Å². The Morgan fingerprint density at radius 1 is 1.22 bits per heavy atom. The van der Waals surface area contributed by atoms with Crippen LogP contribution in [0, 0.1) is 5.41 Å². The van der Waals surface area contributed by atoms with E-state index >= 15 is 0 Å². The van der Waals surface area contributed by atoms with Gasteiger partial charge in [0, 0.05) is 38.1 Å². The summed E-state index contributed by atoms with van der Waals surface area (Å²) in [5, 5.41) is 18.5. The van der Waals surface area contributed by atoms with E-state index in [0.29, 0.717) is 26.2 Å². The molecule has 1 amide bonds. The van der Waals surface area contributed by atoms with Crippen LogP contribution in [0.1, 0.15) is 13.8 Å². The summed E-state index contributed by atoms with van der Waals surface area (Å²) in [6.07, 6.45) is -0.260. The van der Waals surface area contributed by atoms with Crippen LogP contribution >= 0.6 is 0 Å². The van der Waals surface area contributed by atoms with Gasteiger partial charge in [-0.3, -0.25) is 4.90 Å². The molecule has 0 bridgehead atoms. The Hall–Kier alpha value is -0.850. The molecule has 0 saturated carbocycles. The zero-order valence-electron chi connectivity index (χ0n) is 11.3. The van der Waals surface area contributed by atoms with Gasteiger partial charge < -0.3 is 19.8 Å². The number of hydrogen-bond donors (Lipinski definition) is 2. The molecule has 1 heterocycles. The fourth-order valence-electron chi connectivity index (χ4n) is 1.99. The molecule has 1 rings (SSSR count). The summed E-state index contributed by atoms with van der Waals surface area (Å²) in [5.41, 5.74) is -0.480. The maximum atomic E-state index is 11.5. The van der Waals surface area contributed by atoms with Gasteiger partial charge >= 0.3 is 6.09 Å². The number of nitrogens with zero attached hydrogens (tertiary/aromatic N) is 2. The zero-order chi connectivity index (χ0) is 13.6.